The number of piperidine rings is 1. The topological polar surface area (TPSA) is 32.0 Å². The molecule has 3 heteroatoms. The molecule has 102 valence electrons. The van der Waals surface area contributed by atoms with Gasteiger partial charge < -0.3 is 4.57 Å². The van der Waals surface area contributed by atoms with Crippen LogP contribution in [0.2, 0.25) is 0 Å². The van der Waals surface area contributed by atoms with E-state index >= 15 is 0 Å². The Kier molecular flexibility index (Phi) is 3.85. The number of benzene rings is 1. The fourth-order valence-electron chi connectivity index (χ4n) is 2.78. The Morgan fingerprint density at radius 2 is 1.75 bits per heavy atom. The molecule has 0 saturated carbocycles. The molecule has 1 aromatic heterocycles. The summed E-state index contributed by atoms with van der Waals surface area (Å²) in [6.07, 6.45) is 8.33. The molecule has 3 rings (SSSR count). The van der Waals surface area contributed by atoms with E-state index in [1.165, 1.54) is 37.9 Å². The van der Waals surface area contributed by atoms with Crippen LogP contribution in [0.5, 0.6) is 0 Å². The summed E-state index contributed by atoms with van der Waals surface area (Å²) in [5.41, 5.74) is 3.17. The molecular weight excluding hydrogens is 246 g/mol. The predicted octanol–water partition coefficient (Wildman–Crippen LogP) is 3.33. The molecule has 1 aliphatic heterocycles. The second-order valence-corrected chi connectivity index (χ2v) is 5.42. The van der Waals surface area contributed by atoms with E-state index in [9.17, 15) is 0 Å². The van der Waals surface area contributed by atoms with Crippen LogP contribution in [-0.4, -0.2) is 22.6 Å². The summed E-state index contributed by atoms with van der Waals surface area (Å²) >= 11 is 0. The first-order valence-corrected chi connectivity index (χ1v) is 7.25. The van der Waals surface area contributed by atoms with E-state index in [0.29, 0.717) is 5.56 Å². The molecule has 0 radical (unpaired) electrons. The molecule has 2 heterocycles. The number of nitrogens with zero attached hydrogens (tertiary/aromatic N) is 3. The Hall–Kier alpha value is -2.05. The average molecular weight is 265 g/mol. The van der Waals surface area contributed by atoms with Gasteiger partial charge in [0.15, 0.2) is 0 Å². The van der Waals surface area contributed by atoms with Crippen molar-refractivity contribution in [2.24, 2.45) is 0 Å². The lowest BCUT2D eigenvalue weighted by atomic mass is 10.1. The molecule has 1 aliphatic rings. The van der Waals surface area contributed by atoms with Crippen LogP contribution >= 0.6 is 0 Å². The van der Waals surface area contributed by atoms with Crippen molar-refractivity contribution in [1.29, 1.82) is 5.26 Å². The van der Waals surface area contributed by atoms with Crippen LogP contribution in [0.3, 0.4) is 0 Å². The van der Waals surface area contributed by atoms with Crippen LogP contribution < -0.4 is 0 Å². The largest absolute Gasteiger partial charge is 0.324 e. The van der Waals surface area contributed by atoms with Gasteiger partial charge in [-0.2, -0.15) is 5.26 Å². The van der Waals surface area contributed by atoms with Crippen LogP contribution in [0.4, 0.5) is 0 Å². The maximum absolute atomic E-state index is 8.82. The highest BCUT2D eigenvalue weighted by molar-refractivity contribution is 5.40. The minimum absolute atomic E-state index is 0.703. The number of hydrogen-bond donors (Lipinski definition) is 0. The number of hydrogen-bond acceptors (Lipinski definition) is 2. The summed E-state index contributed by atoms with van der Waals surface area (Å²) in [6.45, 7) is 3.49. The predicted molar refractivity (Wildman–Crippen MR) is 79.6 cm³/mol. The van der Waals surface area contributed by atoms with Crippen molar-refractivity contribution >= 4 is 0 Å². The minimum atomic E-state index is 0.703. The number of nitriles is 1. The molecule has 2 aromatic rings. The highest BCUT2D eigenvalue weighted by Gasteiger charge is 2.11. The molecule has 3 nitrogen and oxygen atoms in total. The second kappa shape index (κ2) is 5.94. The fourth-order valence-corrected chi connectivity index (χ4v) is 2.78. The highest BCUT2D eigenvalue weighted by atomic mass is 15.1. The van der Waals surface area contributed by atoms with Gasteiger partial charge in [-0.25, -0.2) is 0 Å². The fraction of sp³-hybridized carbons (Fsp3) is 0.353. The molecule has 20 heavy (non-hydrogen) atoms. The van der Waals surface area contributed by atoms with Gasteiger partial charge in [-0.1, -0.05) is 6.42 Å². The Morgan fingerprint density at radius 1 is 1.00 bits per heavy atom. The van der Waals surface area contributed by atoms with E-state index in [-0.39, 0.29) is 0 Å². The summed E-state index contributed by atoms with van der Waals surface area (Å²) in [5, 5.41) is 8.82. The van der Waals surface area contributed by atoms with E-state index in [4.69, 9.17) is 5.26 Å². The maximum Gasteiger partial charge on any atom is 0.0991 e. The minimum Gasteiger partial charge on any atom is -0.324 e. The molecule has 1 fully saturated rings. The van der Waals surface area contributed by atoms with Crippen molar-refractivity contribution in [3.8, 4) is 11.8 Å². The molecule has 1 saturated heterocycles. The van der Waals surface area contributed by atoms with Crippen molar-refractivity contribution in [2.75, 3.05) is 13.1 Å². The van der Waals surface area contributed by atoms with Crippen LogP contribution in [-0.2, 0) is 6.54 Å². The Bertz CT molecular complexity index is 598. The molecule has 0 N–H and O–H groups in total. The molecule has 0 unspecified atom stereocenters. The lowest BCUT2D eigenvalue weighted by Gasteiger charge is -2.25. The second-order valence-electron chi connectivity index (χ2n) is 5.42. The third kappa shape index (κ3) is 2.92. The zero-order chi connectivity index (χ0) is 13.8. The maximum atomic E-state index is 8.82. The molecule has 0 amide bonds. The van der Waals surface area contributed by atoms with Crippen molar-refractivity contribution in [2.45, 2.75) is 25.8 Å². The molecule has 0 aliphatic carbocycles. The van der Waals surface area contributed by atoms with Crippen molar-refractivity contribution in [3.63, 3.8) is 0 Å². The molecule has 1 aromatic carbocycles. The standard InChI is InChI=1S/C17H19N3/c18-12-15-4-6-17(7-5-15)20-11-8-16(14-20)13-19-9-2-1-3-10-19/h4-8,11,14H,1-3,9-10,13H2. The van der Waals surface area contributed by atoms with Gasteiger partial charge in [0.2, 0.25) is 0 Å². The van der Waals surface area contributed by atoms with Crippen LogP contribution in [0.25, 0.3) is 5.69 Å². The van der Waals surface area contributed by atoms with Crippen LogP contribution in [0, 0.1) is 11.3 Å². The zero-order valence-electron chi connectivity index (χ0n) is 11.6. The van der Waals surface area contributed by atoms with Gasteiger partial charge in [0.05, 0.1) is 11.6 Å². The Labute approximate surface area is 120 Å². The zero-order valence-corrected chi connectivity index (χ0v) is 11.6. The van der Waals surface area contributed by atoms with E-state index < -0.39 is 0 Å². The van der Waals surface area contributed by atoms with Gasteiger partial charge in [0.25, 0.3) is 0 Å². The van der Waals surface area contributed by atoms with Crippen molar-refractivity contribution < 1.29 is 0 Å². The summed E-state index contributed by atoms with van der Waals surface area (Å²) in [6, 6.07) is 12.0. The first-order valence-electron chi connectivity index (χ1n) is 7.25. The van der Waals surface area contributed by atoms with Gasteiger partial charge in [-0.15, -0.1) is 0 Å². The molecular formula is C17H19N3. The van der Waals surface area contributed by atoms with Gasteiger partial charge in [0, 0.05) is 24.6 Å². The van der Waals surface area contributed by atoms with E-state index in [1.54, 1.807) is 0 Å². The highest BCUT2D eigenvalue weighted by Crippen LogP contribution is 2.16. The first kappa shape index (κ1) is 13.0. The summed E-state index contributed by atoms with van der Waals surface area (Å²) in [7, 11) is 0. The molecule has 0 bridgehead atoms. The number of aromatic nitrogens is 1. The van der Waals surface area contributed by atoms with Crippen molar-refractivity contribution in [1.82, 2.24) is 9.47 Å². The van der Waals surface area contributed by atoms with Crippen LogP contribution in [0.1, 0.15) is 30.4 Å². The van der Waals surface area contributed by atoms with Crippen molar-refractivity contribution in [3.05, 3.63) is 53.9 Å². The Morgan fingerprint density at radius 3 is 2.45 bits per heavy atom. The van der Waals surface area contributed by atoms with Gasteiger partial charge in [-0.3, -0.25) is 4.90 Å². The van der Waals surface area contributed by atoms with Gasteiger partial charge in [0.1, 0.15) is 0 Å². The van der Waals surface area contributed by atoms with Gasteiger partial charge >= 0.3 is 0 Å². The lowest BCUT2D eigenvalue weighted by molar-refractivity contribution is 0.221. The van der Waals surface area contributed by atoms with Crippen LogP contribution in [0.15, 0.2) is 42.7 Å². The van der Waals surface area contributed by atoms with E-state index in [0.717, 1.165) is 12.2 Å². The quantitative estimate of drug-likeness (QED) is 0.852. The normalized spacial score (nSPS) is 15.9. The van der Waals surface area contributed by atoms with Gasteiger partial charge in [-0.05, 0) is 61.8 Å². The summed E-state index contributed by atoms with van der Waals surface area (Å²) in [5.74, 6) is 0. The smallest absolute Gasteiger partial charge is 0.0991 e. The SMILES string of the molecule is N#Cc1ccc(-n2ccc(CN3CCCCC3)c2)cc1. The first-order chi connectivity index (χ1) is 9.85. The number of likely N-dealkylation sites (tertiary alicyclic amines) is 1. The third-order valence-electron chi connectivity index (χ3n) is 3.90. The number of rotatable bonds is 3. The molecule has 0 spiro atoms. The summed E-state index contributed by atoms with van der Waals surface area (Å²) in [4.78, 5) is 2.53. The lowest BCUT2D eigenvalue weighted by Crippen LogP contribution is -2.28. The average Bonchev–Trinajstić information content (AvgIpc) is 2.97. The van der Waals surface area contributed by atoms with E-state index in [2.05, 4.69) is 34.0 Å². The third-order valence-corrected chi connectivity index (χ3v) is 3.90. The van der Waals surface area contributed by atoms with E-state index in [1.807, 2.05) is 24.3 Å². The molecule has 0 atom stereocenters. The summed E-state index contributed by atoms with van der Waals surface area (Å²) < 4.78 is 2.13. The Balaban J connectivity index is 1.70. The monoisotopic (exact) mass is 265 g/mol.